The van der Waals surface area contributed by atoms with Crippen LogP contribution in [-0.2, 0) is 23.2 Å². The van der Waals surface area contributed by atoms with Crippen molar-refractivity contribution in [2.24, 2.45) is 0 Å². The molecule has 0 aromatic heterocycles. The van der Waals surface area contributed by atoms with Gasteiger partial charge in [0, 0.05) is 12.3 Å². The number of aliphatic carboxylic acids is 2. The Balaban J connectivity index is 0. The molecule has 0 aromatic carbocycles. The second-order valence-electron chi connectivity index (χ2n) is 5.00. The molecule has 0 aliphatic heterocycles. The summed E-state index contributed by atoms with van der Waals surface area (Å²) in [6.07, 6.45) is -0.173. The highest BCUT2D eigenvalue weighted by atomic mass is 32.7. The molecular weight excluding hydrogens is 333 g/mol. The molecule has 0 unspecified atom stereocenters. The fraction of sp³-hybridized carbons (Fsp3) is 0.833. The Labute approximate surface area is 135 Å². The number of nitrogens with zero attached hydrogens (tertiary/aromatic N) is 1. The van der Waals surface area contributed by atoms with Gasteiger partial charge in [0.25, 0.3) is 0 Å². The summed E-state index contributed by atoms with van der Waals surface area (Å²) in [6, 6.07) is 0. The quantitative estimate of drug-likeness (QED) is 0.498. The number of carboxylic acids is 2. The smallest absolute Gasteiger partial charge is 0.414 e. The van der Waals surface area contributed by atoms with Gasteiger partial charge < -0.3 is 15.1 Å². The van der Waals surface area contributed by atoms with Crippen LogP contribution < -0.4 is 0 Å². The molecule has 0 saturated carbocycles. The molecule has 0 aliphatic rings. The van der Waals surface area contributed by atoms with Crippen LogP contribution in [0.25, 0.3) is 0 Å². The van der Waals surface area contributed by atoms with Crippen LogP contribution in [0, 0.1) is 0 Å². The number of carboxylic acid groups (broad SMARTS) is 2. The lowest BCUT2D eigenvalue weighted by atomic mass is 10.5. The Morgan fingerprint density at radius 2 is 1.41 bits per heavy atom. The third-order valence-corrected chi connectivity index (χ3v) is 5.70. The summed E-state index contributed by atoms with van der Waals surface area (Å²) in [5, 5.41) is 14.8. The second-order valence-corrected chi connectivity index (χ2v) is 9.10. The zero-order valence-corrected chi connectivity index (χ0v) is 15.5. The van der Waals surface area contributed by atoms with Crippen LogP contribution in [0.2, 0.25) is 0 Å². The Bertz CT molecular complexity index is 362. The third kappa shape index (κ3) is 15.8. The van der Waals surface area contributed by atoms with Crippen molar-refractivity contribution in [3.05, 3.63) is 0 Å². The van der Waals surface area contributed by atoms with Gasteiger partial charge in [-0.05, 0) is 53.2 Å². The average Bonchev–Trinajstić information content (AvgIpc) is 2.25. The zero-order valence-electron chi connectivity index (χ0n) is 13.8. The lowest BCUT2D eigenvalue weighted by Gasteiger charge is -2.22. The number of carbonyl (C=O) groups is 2. The van der Waals surface area contributed by atoms with E-state index in [4.69, 9.17) is 28.8 Å². The van der Waals surface area contributed by atoms with Crippen LogP contribution in [0.4, 0.5) is 0 Å². The second kappa shape index (κ2) is 11.9. The van der Waals surface area contributed by atoms with E-state index >= 15 is 0 Å². The molecule has 0 aromatic rings. The fourth-order valence-corrected chi connectivity index (χ4v) is 5.13. The van der Waals surface area contributed by atoms with Gasteiger partial charge in [0.2, 0.25) is 0 Å². The molecule has 0 bridgehead atoms. The van der Waals surface area contributed by atoms with Crippen molar-refractivity contribution < 1.29 is 33.4 Å². The van der Waals surface area contributed by atoms with Crippen molar-refractivity contribution in [3.63, 3.8) is 0 Å². The first-order valence-electron chi connectivity index (χ1n) is 6.62. The maximum atomic E-state index is 12.3. The van der Waals surface area contributed by atoms with Crippen LogP contribution >= 0.6 is 18.2 Å². The molecule has 132 valence electrons. The van der Waals surface area contributed by atoms with Gasteiger partial charge in [-0.25, -0.2) is 14.2 Å². The van der Waals surface area contributed by atoms with Crippen LogP contribution in [0.3, 0.4) is 0 Å². The van der Waals surface area contributed by atoms with E-state index in [0.717, 1.165) is 12.3 Å². The Hall–Kier alpha value is -0.600. The molecule has 0 spiro atoms. The molecule has 0 radical (unpaired) electrons. The van der Waals surface area contributed by atoms with Gasteiger partial charge >= 0.3 is 18.7 Å². The van der Waals surface area contributed by atoms with Crippen LogP contribution in [0.15, 0.2) is 0 Å². The minimum absolute atomic E-state index is 0.0866. The average molecular weight is 359 g/mol. The maximum absolute atomic E-state index is 12.3. The van der Waals surface area contributed by atoms with E-state index in [1.807, 2.05) is 46.7 Å². The standard InChI is InChI=1S/C10H24NO3PS.C2H2O4/c1-9(2)13-15(12,14-10(3)4)16-8-7-11(5)6;3-1(4)2(5)6/h9-10H,7-8H2,1-6H3;(H,3,4)(H,5,6). The molecule has 0 fully saturated rings. The topological polar surface area (TPSA) is 113 Å². The molecule has 0 heterocycles. The lowest BCUT2D eigenvalue weighted by Crippen LogP contribution is -2.15. The van der Waals surface area contributed by atoms with E-state index < -0.39 is 18.7 Å². The summed E-state index contributed by atoms with van der Waals surface area (Å²) in [5.74, 6) is -2.91. The van der Waals surface area contributed by atoms with E-state index in [-0.39, 0.29) is 12.2 Å². The van der Waals surface area contributed by atoms with E-state index in [2.05, 4.69) is 0 Å². The summed E-state index contributed by atoms with van der Waals surface area (Å²) in [6.45, 7) is 5.32. The van der Waals surface area contributed by atoms with Gasteiger partial charge in [0.05, 0.1) is 12.2 Å². The predicted octanol–water partition coefficient (Wildman–Crippen LogP) is 2.39. The summed E-state index contributed by atoms with van der Waals surface area (Å²) in [7, 11) is 3.97. The van der Waals surface area contributed by atoms with Gasteiger partial charge in [-0.2, -0.15) is 0 Å². The molecule has 0 saturated heterocycles. The third-order valence-electron chi connectivity index (χ3n) is 1.65. The van der Waals surface area contributed by atoms with Crippen molar-refractivity contribution in [2.75, 3.05) is 26.4 Å². The van der Waals surface area contributed by atoms with Crippen LogP contribution in [0.5, 0.6) is 0 Å². The monoisotopic (exact) mass is 359 g/mol. The zero-order chi connectivity index (χ0) is 17.9. The van der Waals surface area contributed by atoms with Crippen LogP contribution in [-0.4, -0.2) is 65.7 Å². The molecule has 0 aliphatic carbocycles. The van der Waals surface area contributed by atoms with Gasteiger partial charge in [-0.3, -0.25) is 9.05 Å². The first-order valence-corrected chi connectivity index (χ1v) is 9.75. The van der Waals surface area contributed by atoms with Gasteiger partial charge in [-0.15, -0.1) is 0 Å². The molecule has 0 rings (SSSR count). The Morgan fingerprint density at radius 3 is 1.64 bits per heavy atom. The highest BCUT2D eigenvalue weighted by Gasteiger charge is 2.28. The summed E-state index contributed by atoms with van der Waals surface area (Å²) in [4.78, 5) is 20.2. The molecule has 22 heavy (non-hydrogen) atoms. The Morgan fingerprint density at radius 1 is 1.05 bits per heavy atom. The number of rotatable bonds is 8. The van der Waals surface area contributed by atoms with Crippen molar-refractivity contribution in [1.29, 1.82) is 0 Å². The molecule has 10 heteroatoms. The molecule has 0 amide bonds. The maximum Gasteiger partial charge on any atom is 0.414 e. The Kier molecular flexibility index (Phi) is 12.8. The summed E-state index contributed by atoms with van der Waals surface area (Å²) in [5.41, 5.74) is 0. The molecule has 2 N–H and O–H groups in total. The van der Waals surface area contributed by atoms with E-state index in [1.165, 1.54) is 11.4 Å². The van der Waals surface area contributed by atoms with Gasteiger partial charge in [0.1, 0.15) is 0 Å². The number of hydrogen-bond acceptors (Lipinski definition) is 7. The predicted molar refractivity (Wildman–Crippen MR) is 86.3 cm³/mol. The van der Waals surface area contributed by atoms with Gasteiger partial charge in [0.15, 0.2) is 0 Å². The normalized spacial score (nSPS) is 11.5. The van der Waals surface area contributed by atoms with E-state index in [1.54, 1.807) is 0 Å². The minimum atomic E-state index is -3.00. The SMILES string of the molecule is CC(C)OP(=O)(OC(C)C)SCCN(C)C.O=C(O)C(=O)O. The molecule has 8 nitrogen and oxygen atoms in total. The summed E-state index contributed by atoms with van der Waals surface area (Å²) >= 11 is 1.28. The van der Waals surface area contributed by atoms with E-state index in [9.17, 15) is 4.57 Å². The van der Waals surface area contributed by atoms with Crippen molar-refractivity contribution in [1.82, 2.24) is 4.90 Å². The van der Waals surface area contributed by atoms with Crippen LogP contribution in [0.1, 0.15) is 27.7 Å². The molecule has 0 atom stereocenters. The molecular formula is C12H26NO7PS. The lowest BCUT2D eigenvalue weighted by molar-refractivity contribution is -0.159. The first-order chi connectivity index (χ1) is 9.89. The van der Waals surface area contributed by atoms with Gasteiger partial charge in [-0.1, -0.05) is 0 Å². The fourth-order valence-electron chi connectivity index (χ4n) is 0.937. The highest BCUT2D eigenvalue weighted by molar-refractivity contribution is 8.55. The first kappa shape index (κ1) is 23.7. The van der Waals surface area contributed by atoms with Crippen molar-refractivity contribution >= 4 is 30.1 Å². The van der Waals surface area contributed by atoms with Crippen molar-refractivity contribution in [2.45, 2.75) is 39.9 Å². The van der Waals surface area contributed by atoms with Crippen molar-refractivity contribution in [3.8, 4) is 0 Å². The highest BCUT2D eigenvalue weighted by Crippen LogP contribution is 2.61. The van der Waals surface area contributed by atoms with E-state index in [0.29, 0.717) is 0 Å². The largest absolute Gasteiger partial charge is 0.473 e. The number of hydrogen-bond donors (Lipinski definition) is 2. The summed E-state index contributed by atoms with van der Waals surface area (Å²) < 4.78 is 23.1. The minimum Gasteiger partial charge on any atom is -0.473 e.